The SMILES string of the molecule is CCCc1[nH]c2ccccc2c1C(C)c1cc(N)c(N)cc1C(C)=O. The molecule has 0 aliphatic heterocycles. The predicted octanol–water partition coefficient (Wildman–Crippen LogP) is 4.64. The summed E-state index contributed by atoms with van der Waals surface area (Å²) in [6.45, 7) is 5.87. The number of nitrogen functional groups attached to an aromatic ring is 2. The van der Waals surface area contributed by atoms with Crippen molar-refractivity contribution < 1.29 is 4.79 Å². The van der Waals surface area contributed by atoms with Crippen LogP contribution >= 0.6 is 0 Å². The van der Waals surface area contributed by atoms with Crippen molar-refractivity contribution in [3.8, 4) is 0 Å². The van der Waals surface area contributed by atoms with Crippen LogP contribution in [0.15, 0.2) is 36.4 Å². The zero-order valence-electron chi connectivity index (χ0n) is 15.0. The van der Waals surface area contributed by atoms with Crippen LogP contribution in [0.3, 0.4) is 0 Å². The molecule has 1 unspecified atom stereocenters. The zero-order valence-corrected chi connectivity index (χ0v) is 15.0. The van der Waals surface area contributed by atoms with Gasteiger partial charge in [0.05, 0.1) is 11.4 Å². The largest absolute Gasteiger partial charge is 0.397 e. The van der Waals surface area contributed by atoms with Crippen LogP contribution < -0.4 is 11.5 Å². The monoisotopic (exact) mass is 335 g/mol. The number of aryl methyl sites for hydroxylation is 1. The smallest absolute Gasteiger partial charge is 0.160 e. The van der Waals surface area contributed by atoms with E-state index in [0.29, 0.717) is 16.9 Å². The van der Waals surface area contributed by atoms with Crippen molar-refractivity contribution in [1.82, 2.24) is 4.98 Å². The lowest BCUT2D eigenvalue weighted by Gasteiger charge is -2.19. The molecule has 5 N–H and O–H groups in total. The Kier molecular flexibility index (Phi) is 4.53. The number of aromatic amines is 1. The number of H-pyrrole nitrogens is 1. The highest BCUT2D eigenvalue weighted by atomic mass is 16.1. The zero-order chi connectivity index (χ0) is 18.1. The van der Waals surface area contributed by atoms with Crippen LogP contribution in [0.4, 0.5) is 11.4 Å². The fourth-order valence-electron chi connectivity index (χ4n) is 3.63. The average molecular weight is 335 g/mol. The van der Waals surface area contributed by atoms with Gasteiger partial charge in [0.2, 0.25) is 0 Å². The van der Waals surface area contributed by atoms with Gasteiger partial charge in [0.15, 0.2) is 5.78 Å². The Morgan fingerprint density at radius 2 is 1.84 bits per heavy atom. The van der Waals surface area contributed by atoms with Gasteiger partial charge in [-0.1, -0.05) is 38.5 Å². The lowest BCUT2D eigenvalue weighted by atomic mass is 9.85. The molecule has 1 heterocycles. The molecule has 4 nitrogen and oxygen atoms in total. The number of hydrogen-bond donors (Lipinski definition) is 3. The molecular formula is C21H25N3O. The number of fused-ring (bicyclic) bond motifs is 1. The van der Waals surface area contributed by atoms with Gasteiger partial charge in [0.25, 0.3) is 0 Å². The average Bonchev–Trinajstić information content (AvgIpc) is 2.94. The van der Waals surface area contributed by atoms with Crippen LogP contribution in [0, 0.1) is 0 Å². The molecule has 0 radical (unpaired) electrons. The lowest BCUT2D eigenvalue weighted by molar-refractivity contribution is 0.101. The van der Waals surface area contributed by atoms with Gasteiger partial charge in [-0.15, -0.1) is 0 Å². The van der Waals surface area contributed by atoms with E-state index in [1.54, 1.807) is 13.0 Å². The van der Waals surface area contributed by atoms with Crippen LogP contribution in [-0.4, -0.2) is 10.8 Å². The van der Waals surface area contributed by atoms with Gasteiger partial charge in [-0.05, 0) is 42.7 Å². The number of hydrogen-bond acceptors (Lipinski definition) is 3. The van der Waals surface area contributed by atoms with Gasteiger partial charge in [-0.25, -0.2) is 0 Å². The molecule has 0 bridgehead atoms. The molecule has 0 aliphatic rings. The van der Waals surface area contributed by atoms with E-state index in [1.807, 2.05) is 18.2 Å². The van der Waals surface area contributed by atoms with Gasteiger partial charge in [0.1, 0.15) is 0 Å². The molecule has 0 aliphatic carbocycles. The van der Waals surface area contributed by atoms with Crippen molar-refractivity contribution in [2.45, 2.75) is 39.5 Å². The van der Waals surface area contributed by atoms with E-state index in [2.05, 4.69) is 31.0 Å². The number of anilines is 2. The molecular weight excluding hydrogens is 310 g/mol. The summed E-state index contributed by atoms with van der Waals surface area (Å²) < 4.78 is 0. The van der Waals surface area contributed by atoms with Crippen molar-refractivity contribution in [3.05, 3.63) is 58.8 Å². The van der Waals surface area contributed by atoms with Crippen LogP contribution in [-0.2, 0) is 6.42 Å². The minimum Gasteiger partial charge on any atom is -0.397 e. The Balaban J connectivity index is 2.24. The van der Waals surface area contributed by atoms with E-state index in [-0.39, 0.29) is 11.7 Å². The maximum Gasteiger partial charge on any atom is 0.160 e. The third kappa shape index (κ3) is 3.00. The summed E-state index contributed by atoms with van der Waals surface area (Å²) in [5.41, 5.74) is 18.1. The van der Waals surface area contributed by atoms with Gasteiger partial charge >= 0.3 is 0 Å². The fraction of sp³-hybridized carbons (Fsp3) is 0.286. The molecule has 4 heteroatoms. The number of carbonyl (C=O) groups excluding carboxylic acids is 1. The Hall–Kier alpha value is -2.75. The topological polar surface area (TPSA) is 84.9 Å². The van der Waals surface area contributed by atoms with Crippen molar-refractivity contribution in [2.75, 3.05) is 11.5 Å². The highest BCUT2D eigenvalue weighted by Crippen LogP contribution is 2.37. The third-order valence-electron chi connectivity index (χ3n) is 4.86. The van der Waals surface area contributed by atoms with E-state index in [1.165, 1.54) is 16.6 Å². The Morgan fingerprint density at radius 3 is 2.52 bits per heavy atom. The molecule has 0 amide bonds. The normalized spacial score (nSPS) is 12.4. The molecule has 1 atom stereocenters. The Morgan fingerprint density at radius 1 is 1.16 bits per heavy atom. The number of aromatic nitrogens is 1. The molecule has 0 saturated carbocycles. The van der Waals surface area contributed by atoms with Gasteiger partial charge < -0.3 is 16.5 Å². The maximum absolute atomic E-state index is 12.2. The Bertz CT molecular complexity index is 940. The van der Waals surface area contributed by atoms with Gasteiger partial charge in [0, 0.05) is 28.1 Å². The number of benzene rings is 2. The molecule has 2 aromatic carbocycles. The summed E-state index contributed by atoms with van der Waals surface area (Å²) in [5, 5.41) is 1.20. The molecule has 0 spiro atoms. The van der Waals surface area contributed by atoms with Crippen LogP contribution in [0.2, 0.25) is 0 Å². The first-order valence-corrected chi connectivity index (χ1v) is 8.73. The number of rotatable bonds is 5. The summed E-state index contributed by atoms with van der Waals surface area (Å²) in [5.74, 6) is 0.0462. The standard InChI is InChI=1S/C21H25N3O/c1-4-7-20-21(14-8-5-6-9-19(14)24-20)12(2)15-10-17(22)18(23)11-16(15)13(3)25/h5-6,8-12,24H,4,7,22-23H2,1-3H3. The van der Waals surface area contributed by atoms with Gasteiger partial charge in [-0.2, -0.15) is 0 Å². The number of ketones is 1. The van der Waals surface area contributed by atoms with Gasteiger partial charge in [-0.3, -0.25) is 4.79 Å². The first kappa shape index (κ1) is 17.1. The summed E-state index contributed by atoms with van der Waals surface area (Å²) in [6, 6.07) is 11.9. The highest BCUT2D eigenvalue weighted by molar-refractivity contribution is 5.98. The molecule has 130 valence electrons. The molecule has 3 rings (SSSR count). The fourth-order valence-corrected chi connectivity index (χ4v) is 3.63. The summed E-state index contributed by atoms with van der Waals surface area (Å²) in [4.78, 5) is 15.7. The van der Waals surface area contributed by atoms with Crippen molar-refractivity contribution in [2.24, 2.45) is 0 Å². The Labute approximate surface area is 148 Å². The number of carbonyl (C=O) groups is 1. The summed E-state index contributed by atoms with van der Waals surface area (Å²) >= 11 is 0. The first-order valence-electron chi connectivity index (χ1n) is 8.73. The van der Waals surface area contributed by atoms with E-state index < -0.39 is 0 Å². The highest BCUT2D eigenvalue weighted by Gasteiger charge is 2.22. The van der Waals surface area contributed by atoms with E-state index in [9.17, 15) is 4.79 Å². The van der Waals surface area contributed by atoms with Crippen molar-refractivity contribution in [3.63, 3.8) is 0 Å². The number of nitrogens with one attached hydrogen (secondary N) is 1. The molecule has 3 aromatic rings. The van der Waals surface area contributed by atoms with E-state index >= 15 is 0 Å². The second-order valence-corrected chi connectivity index (χ2v) is 6.66. The van der Waals surface area contributed by atoms with Crippen LogP contribution in [0.1, 0.15) is 60.3 Å². The summed E-state index contributed by atoms with van der Waals surface area (Å²) in [6.07, 6.45) is 2.02. The quantitative estimate of drug-likeness (QED) is 0.469. The minimum absolute atomic E-state index is 0.00503. The second-order valence-electron chi connectivity index (χ2n) is 6.66. The van der Waals surface area contributed by atoms with Crippen molar-refractivity contribution >= 4 is 28.1 Å². The van der Waals surface area contributed by atoms with Crippen LogP contribution in [0.25, 0.3) is 10.9 Å². The van der Waals surface area contributed by atoms with E-state index in [0.717, 1.165) is 23.9 Å². The number of para-hydroxylation sites is 1. The number of Topliss-reactive ketones (excluding diaryl/α,β-unsaturated/α-hetero) is 1. The van der Waals surface area contributed by atoms with E-state index in [4.69, 9.17) is 11.5 Å². The van der Waals surface area contributed by atoms with Crippen LogP contribution in [0.5, 0.6) is 0 Å². The maximum atomic E-state index is 12.2. The molecule has 0 fully saturated rings. The lowest BCUT2D eigenvalue weighted by Crippen LogP contribution is -2.09. The van der Waals surface area contributed by atoms with Crippen molar-refractivity contribution in [1.29, 1.82) is 0 Å². The second kappa shape index (κ2) is 6.63. The predicted molar refractivity (Wildman–Crippen MR) is 105 cm³/mol. The molecule has 1 aromatic heterocycles. The number of nitrogens with two attached hydrogens (primary N) is 2. The first-order chi connectivity index (χ1) is 11.9. The third-order valence-corrected chi connectivity index (χ3v) is 4.86. The molecule has 0 saturated heterocycles. The molecule has 25 heavy (non-hydrogen) atoms. The minimum atomic E-state index is 0.00503. The summed E-state index contributed by atoms with van der Waals surface area (Å²) in [7, 11) is 0.